The molecule has 128 valence electrons. The van der Waals surface area contributed by atoms with Gasteiger partial charge in [0.1, 0.15) is 5.75 Å². The summed E-state index contributed by atoms with van der Waals surface area (Å²) in [5.41, 5.74) is -0.902. The predicted octanol–water partition coefficient (Wildman–Crippen LogP) is 2.89. The molecule has 1 aromatic carbocycles. The summed E-state index contributed by atoms with van der Waals surface area (Å²) in [4.78, 5) is 12.1. The van der Waals surface area contributed by atoms with E-state index >= 15 is 0 Å². The lowest BCUT2D eigenvalue weighted by atomic mass is 9.93. The number of carbonyl (C=O) groups is 1. The van der Waals surface area contributed by atoms with Crippen molar-refractivity contribution < 1.29 is 27.8 Å². The summed E-state index contributed by atoms with van der Waals surface area (Å²) in [5.74, 6) is -0.815. The molecule has 2 rings (SSSR count). The minimum atomic E-state index is -4.54. The summed E-state index contributed by atoms with van der Waals surface area (Å²) in [6, 6.07) is 4.74. The number of rotatable bonds is 4. The van der Waals surface area contributed by atoms with Gasteiger partial charge in [0.15, 0.2) is 6.10 Å². The number of aliphatic hydroxyl groups excluding tert-OH is 1. The Morgan fingerprint density at radius 1 is 1.26 bits per heavy atom. The number of hydrogen-bond donors (Lipinski definition) is 2. The average molecular weight is 331 g/mol. The number of halogens is 3. The first-order valence-corrected chi connectivity index (χ1v) is 7.58. The fourth-order valence-electron chi connectivity index (χ4n) is 2.59. The number of carbonyl (C=O) groups excluding carboxylic acids is 1. The number of amides is 1. The van der Waals surface area contributed by atoms with Crippen molar-refractivity contribution in [3.8, 4) is 5.75 Å². The van der Waals surface area contributed by atoms with Gasteiger partial charge in [-0.25, -0.2) is 0 Å². The number of ether oxygens (including phenoxy) is 1. The van der Waals surface area contributed by atoms with E-state index in [-0.39, 0.29) is 17.9 Å². The zero-order chi connectivity index (χ0) is 17.0. The third-order valence-corrected chi connectivity index (χ3v) is 3.91. The largest absolute Gasteiger partial charge is 0.480 e. The van der Waals surface area contributed by atoms with Crippen LogP contribution in [-0.4, -0.2) is 29.3 Å². The standard InChI is InChI=1S/C16H20F3NO3/c1-10(15(22)20-11-6-8-12(21)9-7-11)23-14-5-3-2-4-13(14)16(17,18)19/h2-5,10-12,21H,6-9H2,1H3,(H,20,22)/t10-,11?,12?/m0/s1. The van der Waals surface area contributed by atoms with Crippen LogP contribution < -0.4 is 10.1 Å². The molecule has 0 spiro atoms. The molecule has 0 aromatic heterocycles. The highest BCUT2D eigenvalue weighted by molar-refractivity contribution is 5.81. The number of benzene rings is 1. The molecule has 1 aliphatic carbocycles. The van der Waals surface area contributed by atoms with E-state index in [0.717, 1.165) is 6.07 Å². The van der Waals surface area contributed by atoms with Crippen LogP contribution in [0.25, 0.3) is 0 Å². The molecule has 2 N–H and O–H groups in total. The van der Waals surface area contributed by atoms with Crippen molar-refractivity contribution >= 4 is 5.91 Å². The molecular formula is C16H20F3NO3. The fourth-order valence-corrected chi connectivity index (χ4v) is 2.59. The Hall–Kier alpha value is -1.76. The van der Waals surface area contributed by atoms with Gasteiger partial charge < -0.3 is 15.2 Å². The molecule has 0 unspecified atom stereocenters. The van der Waals surface area contributed by atoms with Crippen LogP contribution in [0.3, 0.4) is 0 Å². The van der Waals surface area contributed by atoms with Crippen molar-refractivity contribution in [3.63, 3.8) is 0 Å². The Kier molecular flexibility index (Phi) is 5.51. The van der Waals surface area contributed by atoms with Crippen molar-refractivity contribution in [2.75, 3.05) is 0 Å². The van der Waals surface area contributed by atoms with E-state index in [2.05, 4.69) is 5.32 Å². The lowest BCUT2D eigenvalue weighted by Gasteiger charge is -2.27. The molecule has 0 radical (unpaired) electrons. The summed E-state index contributed by atoms with van der Waals surface area (Å²) >= 11 is 0. The second-order valence-corrected chi connectivity index (χ2v) is 5.77. The number of aliphatic hydroxyl groups is 1. The lowest BCUT2D eigenvalue weighted by molar-refractivity contribution is -0.140. The van der Waals surface area contributed by atoms with Gasteiger partial charge in [0.05, 0.1) is 11.7 Å². The molecule has 0 bridgehead atoms. The van der Waals surface area contributed by atoms with E-state index in [1.807, 2.05) is 0 Å². The van der Waals surface area contributed by atoms with Crippen LogP contribution in [0.15, 0.2) is 24.3 Å². The van der Waals surface area contributed by atoms with Gasteiger partial charge in [0, 0.05) is 6.04 Å². The number of hydrogen-bond acceptors (Lipinski definition) is 3. The van der Waals surface area contributed by atoms with E-state index in [0.29, 0.717) is 25.7 Å². The molecule has 1 amide bonds. The van der Waals surface area contributed by atoms with Crippen molar-refractivity contribution in [2.45, 2.75) is 57.0 Å². The quantitative estimate of drug-likeness (QED) is 0.892. The van der Waals surface area contributed by atoms with Crippen LogP contribution in [0.1, 0.15) is 38.2 Å². The summed E-state index contributed by atoms with van der Waals surface area (Å²) < 4.78 is 43.9. The van der Waals surface area contributed by atoms with Gasteiger partial charge in [-0.1, -0.05) is 12.1 Å². The van der Waals surface area contributed by atoms with Gasteiger partial charge in [-0.2, -0.15) is 13.2 Å². The molecule has 1 atom stereocenters. The van der Waals surface area contributed by atoms with Crippen molar-refractivity contribution in [2.24, 2.45) is 0 Å². The van der Waals surface area contributed by atoms with Crippen LogP contribution >= 0.6 is 0 Å². The second-order valence-electron chi connectivity index (χ2n) is 5.77. The third kappa shape index (κ3) is 4.86. The van der Waals surface area contributed by atoms with Gasteiger partial charge in [-0.15, -0.1) is 0 Å². The molecule has 0 heterocycles. The van der Waals surface area contributed by atoms with E-state index in [9.17, 15) is 23.1 Å². The molecule has 4 nitrogen and oxygen atoms in total. The minimum Gasteiger partial charge on any atom is -0.480 e. The lowest BCUT2D eigenvalue weighted by Crippen LogP contribution is -2.44. The molecule has 1 aromatic rings. The summed E-state index contributed by atoms with van der Waals surface area (Å²) in [5, 5.41) is 12.2. The molecule has 7 heteroatoms. The minimum absolute atomic E-state index is 0.0743. The van der Waals surface area contributed by atoms with Crippen molar-refractivity contribution in [1.29, 1.82) is 0 Å². The number of para-hydroxylation sites is 1. The molecule has 1 saturated carbocycles. The van der Waals surface area contributed by atoms with Crippen LogP contribution in [0.5, 0.6) is 5.75 Å². The van der Waals surface area contributed by atoms with E-state index in [4.69, 9.17) is 4.74 Å². The van der Waals surface area contributed by atoms with Crippen molar-refractivity contribution in [1.82, 2.24) is 5.32 Å². The first-order chi connectivity index (χ1) is 10.8. The summed E-state index contributed by atoms with van der Waals surface area (Å²) in [6.07, 6.45) is -3.39. The molecular weight excluding hydrogens is 311 g/mol. The monoisotopic (exact) mass is 331 g/mol. The van der Waals surface area contributed by atoms with Crippen molar-refractivity contribution in [3.05, 3.63) is 29.8 Å². The average Bonchev–Trinajstić information content (AvgIpc) is 2.49. The summed E-state index contributed by atoms with van der Waals surface area (Å²) in [6.45, 7) is 1.42. The number of alkyl halides is 3. The molecule has 1 aliphatic rings. The topological polar surface area (TPSA) is 58.6 Å². The highest BCUT2D eigenvalue weighted by Gasteiger charge is 2.35. The maximum Gasteiger partial charge on any atom is 0.419 e. The van der Waals surface area contributed by atoms with Gasteiger partial charge in [-0.05, 0) is 44.7 Å². The molecule has 0 aliphatic heterocycles. The normalized spacial score (nSPS) is 23.2. The SMILES string of the molecule is C[C@H](Oc1ccccc1C(F)(F)F)C(=O)NC1CCC(O)CC1. The Morgan fingerprint density at radius 3 is 2.48 bits per heavy atom. The van der Waals surface area contributed by atoms with Gasteiger partial charge in [0.2, 0.25) is 0 Å². The predicted molar refractivity (Wildman–Crippen MR) is 77.9 cm³/mol. The first-order valence-electron chi connectivity index (χ1n) is 7.58. The highest BCUT2D eigenvalue weighted by atomic mass is 19.4. The Morgan fingerprint density at radius 2 is 1.87 bits per heavy atom. The zero-order valence-corrected chi connectivity index (χ0v) is 12.8. The Labute approximate surface area is 132 Å². The summed E-state index contributed by atoms with van der Waals surface area (Å²) in [7, 11) is 0. The van der Waals surface area contributed by atoms with Gasteiger partial charge in [-0.3, -0.25) is 4.79 Å². The first kappa shape index (κ1) is 17.6. The Bertz CT molecular complexity index is 540. The van der Waals surface area contributed by atoms with Crippen LogP contribution in [0, 0.1) is 0 Å². The zero-order valence-electron chi connectivity index (χ0n) is 12.8. The van der Waals surface area contributed by atoms with E-state index in [1.165, 1.54) is 25.1 Å². The fraction of sp³-hybridized carbons (Fsp3) is 0.562. The second kappa shape index (κ2) is 7.21. The number of nitrogens with one attached hydrogen (secondary N) is 1. The highest BCUT2D eigenvalue weighted by Crippen LogP contribution is 2.36. The van der Waals surface area contributed by atoms with Crippen LogP contribution in [0.4, 0.5) is 13.2 Å². The van der Waals surface area contributed by atoms with E-state index < -0.39 is 23.8 Å². The van der Waals surface area contributed by atoms with Crippen LogP contribution in [-0.2, 0) is 11.0 Å². The van der Waals surface area contributed by atoms with Crippen LogP contribution in [0.2, 0.25) is 0 Å². The molecule has 0 saturated heterocycles. The molecule has 1 fully saturated rings. The maximum atomic E-state index is 12.9. The third-order valence-electron chi connectivity index (χ3n) is 3.91. The van der Waals surface area contributed by atoms with Gasteiger partial charge >= 0.3 is 6.18 Å². The molecule has 23 heavy (non-hydrogen) atoms. The van der Waals surface area contributed by atoms with E-state index in [1.54, 1.807) is 0 Å². The maximum absolute atomic E-state index is 12.9. The van der Waals surface area contributed by atoms with Gasteiger partial charge in [0.25, 0.3) is 5.91 Å². The Balaban J connectivity index is 1.96. The smallest absolute Gasteiger partial charge is 0.419 e.